The quantitative estimate of drug-likeness (QED) is 0.179. The van der Waals surface area contributed by atoms with Crippen LogP contribution in [0.5, 0.6) is 0 Å². The van der Waals surface area contributed by atoms with Gasteiger partial charge in [-0.2, -0.15) is 0 Å². The van der Waals surface area contributed by atoms with Gasteiger partial charge in [-0.15, -0.1) is 0 Å². The van der Waals surface area contributed by atoms with Gasteiger partial charge in [0.1, 0.15) is 11.8 Å². The molecule has 0 fully saturated rings. The molecule has 0 spiro atoms. The second-order valence-electron chi connectivity index (χ2n) is 7.93. The van der Waals surface area contributed by atoms with E-state index in [2.05, 4.69) is 15.6 Å². The molecule has 4 rings (SSSR count). The summed E-state index contributed by atoms with van der Waals surface area (Å²) in [4.78, 5) is 31.4. The Morgan fingerprint density at radius 3 is 1.91 bits per heavy atom. The van der Waals surface area contributed by atoms with E-state index >= 15 is 0 Å². The van der Waals surface area contributed by atoms with Gasteiger partial charge < -0.3 is 16.4 Å². The van der Waals surface area contributed by atoms with E-state index in [1.165, 1.54) is 0 Å². The average molecular weight is 464 g/mol. The number of nitrogens with one attached hydrogen (secondary N) is 3. The molecule has 0 saturated heterocycles. The molecule has 0 saturated carbocycles. The summed E-state index contributed by atoms with van der Waals surface area (Å²) in [7, 11) is 0. The van der Waals surface area contributed by atoms with Crippen molar-refractivity contribution in [3.8, 4) is 0 Å². The second-order valence-corrected chi connectivity index (χ2v) is 7.93. The van der Waals surface area contributed by atoms with Crippen molar-refractivity contribution in [3.05, 3.63) is 132 Å². The average Bonchev–Trinajstić information content (AvgIpc) is 2.89. The molecule has 4 aromatic rings. The first-order valence-corrected chi connectivity index (χ1v) is 11.1. The van der Waals surface area contributed by atoms with Crippen molar-refractivity contribution in [2.75, 3.05) is 5.32 Å². The van der Waals surface area contributed by atoms with Crippen molar-refractivity contribution in [2.45, 2.75) is 12.0 Å². The minimum atomic E-state index is -1.10. The minimum Gasteiger partial charge on any atom is -0.384 e. The van der Waals surface area contributed by atoms with Crippen LogP contribution in [0, 0.1) is 5.41 Å². The van der Waals surface area contributed by atoms with Crippen LogP contribution >= 0.6 is 0 Å². The summed E-state index contributed by atoms with van der Waals surface area (Å²) >= 11 is 0. The molecule has 7 heteroatoms. The van der Waals surface area contributed by atoms with E-state index in [1.54, 1.807) is 54.7 Å². The largest absolute Gasteiger partial charge is 0.384 e. The third-order valence-corrected chi connectivity index (χ3v) is 5.52. The number of amidine groups is 1. The van der Waals surface area contributed by atoms with Crippen LogP contribution in [-0.2, 0) is 9.59 Å². The number of hydrogen-bond donors (Lipinski definition) is 4. The molecule has 1 aromatic heterocycles. The lowest BCUT2D eigenvalue weighted by Gasteiger charge is -2.23. The van der Waals surface area contributed by atoms with Crippen molar-refractivity contribution in [2.24, 2.45) is 5.73 Å². The van der Waals surface area contributed by atoms with E-state index in [0.717, 1.165) is 5.56 Å². The molecule has 7 nitrogen and oxygen atoms in total. The van der Waals surface area contributed by atoms with Crippen LogP contribution in [0.25, 0.3) is 0 Å². The Labute approximate surface area is 203 Å². The van der Waals surface area contributed by atoms with Crippen molar-refractivity contribution >= 4 is 23.3 Å². The maximum Gasteiger partial charge on any atom is 0.241 e. The highest BCUT2D eigenvalue weighted by atomic mass is 16.2. The topological polar surface area (TPSA) is 121 Å². The maximum absolute atomic E-state index is 13.6. The minimum absolute atomic E-state index is 0.0640. The van der Waals surface area contributed by atoms with Gasteiger partial charge in [-0.05, 0) is 47.5 Å². The Morgan fingerprint density at radius 2 is 1.34 bits per heavy atom. The molecular weight excluding hydrogens is 438 g/mol. The van der Waals surface area contributed by atoms with Crippen LogP contribution in [0.15, 0.2) is 109 Å². The number of benzene rings is 3. The van der Waals surface area contributed by atoms with E-state index in [-0.39, 0.29) is 5.84 Å². The highest BCUT2D eigenvalue weighted by Crippen LogP contribution is 2.24. The van der Waals surface area contributed by atoms with Crippen molar-refractivity contribution in [1.29, 1.82) is 5.41 Å². The number of anilines is 1. The molecule has 2 atom stereocenters. The summed E-state index contributed by atoms with van der Waals surface area (Å²) in [5, 5.41) is 13.4. The zero-order valence-electron chi connectivity index (χ0n) is 18.9. The Hall–Kier alpha value is -4.78. The summed E-state index contributed by atoms with van der Waals surface area (Å²) in [6.07, 6.45) is 1.67. The summed E-state index contributed by atoms with van der Waals surface area (Å²) in [5.74, 6) is -2.09. The normalized spacial score (nSPS) is 12.2. The van der Waals surface area contributed by atoms with Crippen molar-refractivity contribution in [1.82, 2.24) is 10.3 Å². The molecule has 0 aliphatic heterocycles. The number of nitrogens with zero attached hydrogens (tertiary/aromatic N) is 1. The van der Waals surface area contributed by atoms with E-state index in [1.807, 2.05) is 54.6 Å². The number of carbonyl (C=O) groups is 2. The van der Waals surface area contributed by atoms with Gasteiger partial charge in [0.25, 0.3) is 0 Å². The van der Waals surface area contributed by atoms with Crippen LogP contribution in [0.4, 0.5) is 5.69 Å². The highest BCUT2D eigenvalue weighted by molar-refractivity contribution is 6.11. The fraction of sp³-hybridized carbons (Fsp3) is 0.0714. The molecule has 0 radical (unpaired) electrons. The fourth-order valence-electron chi connectivity index (χ4n) is 3.76. The standard InChI is InChI=1S/C28H25N5O2/c29-26(30)21-14-16-22(17-15-21)32-27(34)24(19-9-3-1-4-10-19)28(35)33-25(20-11-5-2-6-12-20)23-13-7-8-18-31-23/h1-18,24-25H,(H3,29,30)(H,32,34)(H,33,35). The third-order valence-electron chi connectivity index (χ3n) is 5.52. The molecule has 0 aliphatic carbocycles. The van der Waals surface area contributed by atoms with Gasteiger partial charge in [0.15, 0.2) is 0 Å². The number of nitrogens with two attached hydrogens (primary N) is 1. The number of hydrogen-bond acceptors (Lipinski definition) is 4. The SMILES string of the molecule is N=C(N)c1ccc(NC(=O)C(C(=O)NC(c2ccccc2)c2ccccn2)c2ccccc2)cc1. The molecule has 2 amide bonds. The molecule has 3 aromatic carbocycles. The summed E-state index contributed by atoms with van der Waals surface area (Å²) < 4.78 is 0. The Morgan fingerprint density at radius 1 is 0.743 bits per heavy atom. The molecule has 0 bridgehead atoms. The lowest BCUT2D eigenvalue weighted by molar-refractivity contribution is -0.129. The van der Waals surface area contributed by atoms with E-state index in [4.69, 9.17) is 11.1 Å². The number of rotatable bonds is 8. The summed E-state index contributed by atoms with van der Waals surface area (Å²) in [6.45, 7) is 0. The first-order chi connectivity index (χ1) is 17.0. The van der Waals surface area contributed by atoms with E-state index < -0.39 is 23.8 Å². The van der Waals surface area contributed by atoms with Crippen LogP contribution < -0.4 is 16.4 Å². The molecule has 35 heavy (non-hydrogen) atoms. The van der Waals surface area contributed by atoms with Gasteiger partial charge >= 0.3 is 0 Å². The van der Waals surface area contributed by atoms with Gasteiger partial charge in [0, 0.05) is 17.4 Å². The second kappa shape index (κ2) is 10.9. The zero-order valence-corrected chi connectivity index (χ0v) is 18.9. The van der Waals surface area contributed by atoms with Crippen LogP contribution in [-0.4, -0.2) is 22.6 Å². The highest BCUT2D eigenvalue weighted by Gasteiger charge is 2.31. The molecule has 5 N–H and O–H groups in total. The lowest BCUT2D eigenvalue weighted by Crippen LogP contribution is -2.39. The van der Waals surface area contributed by atoms with Gasteiger partial charge in [-0.3, -0.25) is 20.0 Å². The number of carbonyl (C=O) groups excluding carboxylic acids is 2. The molecule has 0 aliphatic rings. The smallest absolute Gasteiger partial charge is 0.241 e. The molecule has 1 heterocycles. The number of nitrogen functional groups attached to an aromatic ring is 1. The number of amides is 2. The van der Waals surface area contributed by atoms with Crippen LogP contribution in [0.1, 0.15) is 34.3 Å². The number of pyridine rings is 1. The monoisotopic (exact) mass is 463 g/mol. The predicted molar refractivity (Wildman–Crippen MR) is 136 cm³/mol. The van der Waals surface area contributed by atoms with Crippen LogP contribution in [0.3, 0.4) is 0 Å². The maximum atomic E-state index is 13.6. The summed E-state index contributed by atoms with van der Waals surface area (Å²) in [5.41, 5.74) is 8.64. The summed E-state index contributed by atoms with van der Waals surface area (Å²) in [6, 6.07) is 30.0. The molecular formula is C28H25N5O2. The molecule has 2 unspecified atom stereocenters. The van der Waals surface area contributed by atoms with Crippen molar-refractivity contribution in [3.63, 3.8) is 0 Å². The lowest BCUT2D eigenvalue weighted by atomic mass is 9.95. The Balaban J connectivity index is 1.63. The van der Waals surface area contributed by atoms with E-state index in [0.29, 0.717) is 22.5 Å². The number of aromatic nitrogens is 1. The first kappa shape index (κ1) is 23.4. The van der Waals surface area contributed by atoms with E-state index in [9.17, 15) is 9.59 Å². The molecule has 174 valence electrons. The van der Waals surface area contributed by atoms with Gasteiger partial charge in [-0.25, -0.2) is 0 Å². The van der Waals surface area contributed by atoms with Crippen LogP contribution in [0.2, 0.25) is 0 Å². The fourth-order valence-corrected chi connectivity index (χ4v) is 3.76. The Bertz CT molecular complexity index is 1250. The van der Waals surface area contributed by atoms with Gasteiger partial charge in [-0.1, -0.05) is 66.7 Å². The predicted octanol–water partition coefficient (Wildman–Crippen LogP) is 3.99. The zero-order chi connectivity index (χ0) is 24.6. The Kier molecular flexibility index (Phi) is 7.28. The first-order valence-electron chi connectivity index (χ1n) is 11.1. The van der Waals surface area contributed by atoms with Gasteiger partial charge in [0.05, 0.1) is 11.7 Å². The van der Waals surface area contributed by atoms with Crippen molar-refractivity contribution < 1.29 is 9.59 Å². The van der Waals surface area contributed by atoms with Gasteiger partial charge in [0.2, 0.25) is 11.8 Å². The third kappa shape index (κ3) is 5.78.